The van der Waals surface area contributed by atoms with Crippen LogP contribution in [0.15, 0.2) is 22.8 Å². The number of rotatable bonds is 8. The van der Waals surface area contributed by atoms with Gasteiger partial charge in [0.15, 0.2) is 0 Å². The third-order valence-corrected chi connectivity index (χ3v) is 2.62. The first-order valence-corrected chi connectivity index (χ1v) is 6.21. The number of ether oxygens (including phenoxy) is 1. The van der Waals surface area contributed by atoms with Crippen LogP contribution in [-0.4, -0.2) is 19.3 Å². The van der Waals surface area contributed by atoms with Gasteiger partial charge < -0.3 is 14.5 Å². The third-order valence-electron chi connectivity index (χ3n) is 2.62. The van der Waals surface area contributed by atoms with E-state index in [1.54, 1.807) is 6.26 Å². The first kappa shape index (κ1) is 13.3. The van der Waals surface area contributed by atoms with Gasteiger partial charge in [-0.1, -0.05) is 13.8 Å². The predicted octanol–water partition coefficient (Wildman–Crippen LogP) is 3.14. The molecule has 1 aromatic rings. The zero-order valence-corrected chi connectivity index (χ0v) is 10.5. The van der Waals surface area contributed by atoms with Crippen LogP contribution in [0.25, 0.3) is 0 Å². The highest BCUT2D eigenvalue weighted by Crippen LogP contribution is 2.22. The molecule has 2 atom stereocenters. The normalized spacial score (nSPS) is 14.9. The maximum atomic E-state index is 5.75. The van der Waals surface area contributed by atoms with Gasteiger partial charge in [-0.2, -0.15) is 0 Å². The van der Waals surface area contributed by atoms with E-state index < -0.39 is 0 Å². The maximum Gasteiger partial charge on any atom is 0.123 e. The fraction of sp³-hybridized carbons (Fsp3) is 0.692. The minimum absolute atomic E-state index is 0.167. The van der Waals surface area contributed by atoms with E-state index >= 15 is 0 Å². The van der Waals surface area contributed by atoms with E-state index in [4.69, 9.17) is 9.15 Å². The zero-order valence-electron chi connectivity index (χ0n) is 10.5. The second kappa shape index (κ2) is 7.47. The standard InChI is InChI=1S/C13H23NO2/c1-4-9-14-13(11(5-2)15-6-3)12-8-7-10-16-12/h7-8,10-11,13-14H,4-6,9H2,1-3H3. The molecule has 3 nitrogen and oxygen atoms in total. The second-order valence-corrected chi connectivity index (χ2v) is 3.85. The highest BCUT2D eigenvalue weighted by molar-refractivity contribution is 5.06. The molecule has 1 N–H and O–H groups in total. The molecule has 1 aromatic heterocycles. The van der Waals surface area contributed by atoms with Gasteiger partial charge in [-0.3, -0.25) is 0 Å². The van der Waals surface area contributed by atoms with Gasteiger partial charge in [0.05, 0.1) is 18.4 Å². The molecule has 0 bridgehead atoms. The first-order chi connectivity index (χ1) is 7.83. The molecular formula is C13H23NO2. The summed E-state index contributed by atoms with van der Waals surface area (Å²) in [5.74, 6) is 0.966. The second-order valence-electron chi connectivity index (χ2n) is 3.85. The molecular weight excluding hydrogens is 202 g/mol. The van der Waals surface area contributed by atoms with Gasteiger partial charge in [-0.15, -0.1) is 0 Å². The van der Waals surface area contributed by atoms with Crippen LogP contribution in [0, 0.1) is 0 Å². The molecule has 0 fully saturated rings. The molecule has 0 saturated carbocycles. The lowest BCUT2D eigenvalue weighted by atomic mass is 10.1. The van der Waals surface area contributed by atoms with Crippen molar-refractivity contribution in [2.45, 2.75) is 45.8 Å². The third kappa shape index (κ3) is 3.65. The van der Waals surface area contributed by atoms with Crippen molar-refractivity contribution in [3.05, 3.63) is 24.2 Å². The molecule has 0 radical (unpaired) electrons. The monoisotopic (exact) mass is 225 g/mol. The van der Waals surface area contributed by atoms with Crippen molar-refractivity contribution in [2.24, 2.45) is 0 Å². The number of furan rings is 1. The Bertz CT molecular complexity index is 259. The average Bonchev–Trinajstić information content (AvgIpc) is 2.81. The van der Waals surface area contributed by atoms with E-state index in [1.807, 2.05) is 19.1 Å². The maximum absolute atomic E-state index is 5.75. The van der Waals surface area contributed by atoms with Crippen molar-refractivity contribution in [3.8, 4) is 0 Å². The van der Waals surface area contributed by atoms with Gasteiger partial charge in [0.1, 0.15) is 5.76 Å². The molecule has 0 aromatic carbocycles. The van der Waals surface area contributed by atoms with Crippen LogP contribution in [0.2, 0.25) is 0 Å². The molecule has 2 unspecified atom stereocenters. The zero-order chi connectivity index (χ0) is 11.8. The largest absolute Gasteiger partial charge is 0.468 e. The van der Waals surface area contributed by atoms with Crippen LogP contribution in [0.3, 0.4) is 0 Å². The summed E-state index contributed by atoms with van der Waals surface area (Å²) < 4.78 is 11.2. The van der Waals surface area contributed by atoms with E-state index in [-0.39, 0.29) is 12.1 Å². The highest BCUT2D eigenvalue weighted by atomic mass is 16.5. The summed E-state index contributed by atoms with van der Waals surface area (Å²) in [6, 6.07) is 4.10. The van der Waals surface area contributed by atoms with E-state index in [9.17, 15) is 0 Å². The SMILES string of the molecule is CCCNC(c1ccco1)C(CC)OCC. The van der Waals surface area contributed by atoms with Crippen molar-refractivity contribution in [1.29, 1.82) is 0 Å². The lowest BCUT2D eigenvalue weighted by Crippen LogP contribution is -2.33. The van der Waals surface area contributed by atoms with Crippen LogP contribution in [0.5, 0.6) is 0 Å². The Hall–Kier alpha value is -0.800. The van der Waals surface area contributed by atoms with Crippen LogP contribution in [-0.2, 0) is 4.74 Å². The summed E-state index contributed by atoms with van der Waals surface area (Å²) in [5.41, 5.74) is 0. The van der Waals surface area contributed by atoms with Crippen molar-refractivity contribution < 1.29 is 9.15 Å². The van der Waals surface area contributed by atoms with Crippen molar-refractivity contribution in [2.75, 3.05) is 13.2 Å². The fourth-order valence-corrected chi connectivity index (χ4v) is 1.85. The summed E-state index contributed by atoms with van der Waals surface area (Å²) in [6.07, 6.45) is 3.99. The van der Waals surface area contributed by atoms with Crippen LogP contribution < -0.4 is 5.32 Å². The number of hydrogen-bond donors (Lipinski definition) is 1. The molecule has 0 aliphatic carbocycles. The molecule has 92 valence electrons. The molecule has 3 heteroatoms. The predicted molar refractivity (Wildman–Crippen MR) is 65.4 cm³/mol. The first-order valence-electron chi connectivity index (χ1n) is 6.21. The van der Waals surface area contributed by atoms with Gasteiger partial charge in [0, 0.05) is 6.61 Å². The smallest absolute Gasteiger partial charge is 0.123 e. The molecule has 16 heavy (non-hydrogen) atoms. The minimum atomic E-state index is 0.167. The van der Waals surface area contributed by atoms with Gasteiger partial charge in [0.2, 0.25) is 0 Å². The minimum Gasteiger partial charge on any atom is -0.468 e. The topological polar surface area (TPSA) is 34.4 Å². The molecule has 0 aliphatic rings. The highest BCUT2D eigenvalue weighted by Gasteiger charge is 2.23. The molecule has 0 aliphatic heterocycles. The van der Waals surface area contributed by atoms with Crippen molar-refractivity contribution in [1.82, 2.24) is 5.32 Å². The Morgan fingerprint density at radius 1 is 1.38 bits per heavy atom. The summed E-state index contributed by atoms with van der Waals surface area (Å²) in [7, 11) is 0. The Kier molecular flexibility index (Phi) is 6.19. The van der Waals surface area contributed by atoms with Crippen LogP contribution >= 0.6 is 0 Å². The average molecular weight is 225 g/mol. The lowest BCUT2D eigenvalue weighted by molar-refractivity contribution is 0.0258. The van der Waals surface area contributed by atoms with Gasteiger partial charge >= 0.3 is 0 Å². The van der Waals surface area contributed by atoms with E-state index in [2.05, 4.69) is 19.2 Å². The Balaban J connectivity index is 2.68. The summed E-state index contributed by atoms with van der Waals surface area (Å²) >= 11 is 0. The number of nitrogens with one attached hydrogen (secondary N) is 1. The van der Waals surface area contributed by atoms with Crippen LogP contribution in [0.4, 0.5) is 0 Å². The van der Waals surface area contributed by atoms with Gasteiger partial charge in [0.25, 0.3) is 0 Å². The summed E-state index contributed by atoms with van der Waals surface area (Å²) in [4.78, 5) is 0. The van der Waals surface area contributed by atoms with Gasteiger partial charge in [-0.05, 0) is 38.4 Å². The summed E-state index contributed by atoms with van der Waals surface area (Å²) in [6.45, 7) is 8.05. The van der Waals surface area contributed by atoms with Crippen LogP contribution in [0.1, 0.15) is 45.4 Å². The Morgan fingerprint density at radius 3 is 2.69 bits per heavy atom. The van der Waals surface area contributed by atoms with E-state index in [0.29, 0.717) is 0 Å². The summed E-state index contributed by atoms with van der Waals surface area (Å²) in [5, 5.41) is 3.49. The molecule has 1 heterocycles. The Labute approximate surface area is 98.2 Å². The van der Waals surface area contributed by atoms with Crippen molar-refractivity contribution in [3.63, 3.8) is 0 Å². The molecule has 1 rings (SSSR count). The number of hydrogen-bond acceptors (Lipinski definition) is 3. The molecule has 0 amide bonds. The molecule has 0 saturated heterocycles. The Morgan fingerprint density at radius 2 is 2.19 bits per heavy atom. The van der Waals surface area contributed by atoms with E-state index in [1.165, 1.54) is 0 Å². The van der Waals surface area contributed by atoms with E-state index in [0.717, 1.165) is 31.8 Å². The fourth-order valence-electron chi connectivity index (χ4n) is 1.85. The molecule has 0 spiro atoms. The van der Waals surface area contributed by atoms with Gasteiger partial charge in [-0.25, -0.2) is 0 Å². The quantitative estimate of drug-likeness (QED) is 0.738. The lowest BCUT2D eigenvalue weighted by Gasteiger charge is -2.25. The van der Waals surface area contributed by atoms with Crippen molar-refractivity contribution >= 4 is 0 Å².